The minimum atomic E-state index is -0.363. The predicted molar refractivity (Wildman–Crippen MR) is 100.0 cm³/mol. The molecule has 1 aromatic heterocycles. The molecule has 5 heteroatoms. The lowest BCUT2D eigenvalue weighted by molar-refractivity contribution is -0.125. The van der Waals surface area contributed by atoms with Crippen LogP contribution in [0.5, 0.6) is 0 Å². The first-order valence-electron chi connectivity index (χ1n) is 9.62. The van der Waals surface area contributed by atoms with Crippen molar-refractivity contribution in [2.45, 2.75) is 71.3 Å². The summed E-state index contributed by atoms with van der Waals surface area (Å²) in [6, 6.07) is 2.17. The second-order valence-corrected chi connectivity index (χ2v) is 8.77. The molecule has 2 aliphatic carbocycles. The van der Waals surface area contributed by atoms with E-state index in [1.54, 1.807) is 0 Å². The van der Waals surface area contributed by atoms with Crippen molar-refractivity contribution in [3.63, 3.8) is 0 Å². The van der Waals surface area contributed by atoms with Crippen LogP contribution < -0.4 is 5.32 Å². The van der Waals surface area contributed by atoms with Crippen molar-refractivity contribution in [3.8, 4) is 0 Å². The average Bonchev–Trinajstić information content (AvgIpc) is 2.88. The molecule has 3 rings (SSSR count). The summed E-state index contributed by atoms with van der Waals surface area (Å²) in [5.41, 5.74) is 1.30. The van der Waals surface area contributed by atoms with Crippen molar-refractivity contribution in [2.75, 3.05) is 6.61 Å². The zero-order valence-electron chi connectivity index (χ0n) is 15.3. The summed E-state index contributed by atoms with van der Waals surface area (Å²) in [4.78, 5) is 26.4. The topological polar surface area (TPSA) is 55.4 Å². The maximum atomic E-state index is 12.3. The molecule has 0 radical (unpaired) electrons. The van der Waals surface area contributed by atoms with Gasteiger partial charge in [0.25, 0.3) is 5.91 Å². The normalized spacial score (nSPS) is 26.4. The van der Waals surface area contributed by atoms with Crippen LogP contribution in [0.25, 0.3) is 0 Å². The fraction of sp³-hybridized carbons (Fsp3) is 0.700. The quantitative estimate of drug-likeness (QED) is 0.647. The van der Waals surface area contributed by atoms with Gasteiger partial charge < -0.3 is 10.1 Å². The lowest BCUT2D eigenvalue weighted by Crippen LogP contribution is -2.45. The molecular weight excluding hydrogens is 334 g/mol. The summed E-state index contributed by atoms with van der Waals surface area (Å²) >= 11 is 1.54. The van der Waals surface area contributed by atoms with Crippen LogP contribution in [0.2, 0.25) is 0 Å². The number of thiophene rings is 1. The van der Waals surface area contributed by atoms with Gasteiger partial charge in [0.2, 0.25) is 0 Å². The van der Waals surface area contributed by atoms with Crippen molar-refractivity contribution in [2.24, 2.45) is 11.8 Å². The minimum absolute atomic E-state index is 0.182. The summed E-state index contributed by atoms with van der Waals surface area (Å²) < 4.78 is 5.26. The number of amides is 1. The van der Waals surface area contributed by atoms with E-state index in [2.05, 4.69) is 19.2 Å². The van der Waals surface area contributed by atoms with Crippen LogP contribution in [0.3, 0.4) is 0 Å². The molecule has 1 fully saturated rings. The Morgan fingerprint density at radius 3 is 2.80 bits per heavy atom. The van der Waals surface area contributed by atoms with Gasteiger partial charge in [-0.25, -0.2) is 4.79 Å². The van der Waals surface area contributed by atoms with Gasteiger partial charge in [-0.05, 0) is 55.6 Å². The number of aryl methyl sites for hydroxylation is 2. The van der Waals surface area contributed by atoms with Crippen molar-refractivity contribution in [1.82, 2.24) is 5.32 Å². The molecule has 3 atom stereocenters. The molecule has 1 heterocycles. The van der Waals surface area contributed by atoms with Crippen molar-refractivity contribution < 1.29 is 14.3 Å². The van der Waals surface area contributed by atoms with E-state index in [4.69, 9.17) is 4.74 Å². The number of hydrogen-bond donors (Lipinski definition) is 1. The Kier molecular flexibility index (Phi) is 6.15. The Bertz CT molecular complexity index is 601. The first kappa shape index (κ1) is 18.4. The smallest absolute Gasteiger partial charge is 0.348 e. The maximum absolute atomic E-state index is 12.3. The van der Waals surface area contributed by atoms with Crippen LogP contribution in [0.15, 0.2) is 6.07 Å². The molecule has 0 aromatic carbocycles. The van der Waals surface area contributed by atoms with Crippen molar-refractivity contribution >= 4 is 23.2 Å². The van der Waals surface area contributed by atoms with E-state index < -0.39 is 0 Å². The van der Waals surface area contributed by atoms with Gasteiger partial charge in [0.15, 0.2) is 6.61 Å². The number of fused-ring (bicyclic) bond motifs is 1. The predicted octanol–water partition coefficient (Wildman–Crippen LogP) is 4.11. The van der Waals surface area contributed by atoms with Gasteiger partial charge in [0.1, 0.15) is 4.88 Å². The number of hydrogen-bond acceptors (Lipinski definition) is 4. The molecule has 2 aliphatic rings. The molecule has 1 amide bonds. The first-order valence-corrected chi connectivity index (χ1v) is 10.4. The number of nitrogens with one attached hydrogen (secondary N) is 1. The SMILES string of the molecule is C[C@@H]1[C@H](C)CCC[C@H]1NC(=O)COC(=O)c1cc2c(s1)CCCCC2. The largest absolute Gasteiger partial charge is 0.451 e. The zero-order chi connectivity index (χ0) is 17.8. The number of esters is 1. The van der Waals surface area contributed by atoms with E-state index in [1.807, 2.05) is 6.07 Å². The summed E-state index contributed by atoms with van der Waals surface area (Å²) in [5, 5.41) is 3.05. The number of carbonyl (C=O) groups is 2. The summed E-state index contributed by atoms with van der Waals surface area (Å²) in [5.74, 6) is 0.556. The van der Waals surface area contributed by atoms with Crippen LogP contribution in [0.1, 0.15) is 72.5 Å². The van der Waals surface area contributed by atoms with Crippen molar-refractivity contribution in [1.29, 1.82) is 0 Å². The van der Waals surface area contributed by atoms with Crippen LogP contribution in [0.4, 0.5) is 0 Å². The van der Waals surface area contributed by atoms with Gasteiger partial charge in [-0.3, -0.25) is 4.79 Å². The molecule has 138 valence electrons. The summed E-state index contributed by atoms with van der Waals surface area (Å²) in [6.07, 6.45) is 9.16. The third-order valence-corrected chi connectivity index (χ3v) is 7.05. The molecular formula is C20H29NO3S. The minimum Gasteiger partial charge on any atom is -0.451 e. The zero-order valence-corrected chi connectivity index (χ0v) is 16.1. The Morgan fingerprint density at radius 1 is 1.16 bits per heavy atom. The van der Waals surface area contributed by atoms with Gasteiger partial charge in [0, 0.05) is 10.9 Å². The van der Waals surface area contributed by atoms with E-state index in [0.29, 0.717) is 16.7 Å². The van der Waals surface area contributed by atoms with Gasteiger partial charge in [-0.1, -0.05) is 33.1 Å². The van der Waals surface area contributed by atoms with E-state index in [-0.39, 0.29) is 24.5 Å². The summed E-state index contributed by atoms with van der Waals surface area (Å²) in [6.45, 7) is 4.25. The third kappa shape index (κ3) is 4.63. The van der Waals surface area contributed by atoms with E-state index in [1.165, 1.54) is 47.5 Å². The van der Waals surface area contributed by atoms with Crippen LogP contribution >= 0.6 is 11.3 Å². The maximum Gasteiger partial charge on any atom is 0.348 e. The lowest BCUT2D eigenvalue weighted by atomic mass is 9.78. The van der Waals surface area contributed by atoms with Gasteiger partial charge >= 0.3 is 5.97 Å². The van der Waals surface area contributed by atoms with Crippen LogP contribution in [-0.4, -0.2) is 24.5 Å². The molecule has 0 bridgehead atoms. The highest BCUT2D eigenvalue weighted by molar-refractivity contribution is 7.14. The number of carbonyl (C=O) groups excluding carboxylic acids is 2. The third-order valence-electron chi connectivity index (χ3n) is 5.84. The Labute approximate surface area is 154 Å². The molecule has 0 saturated heterocycles. The second kappa shape index (κ2) is 8.35. The van der Waals surface area contributed by atoms with E-state index in [0.717, 1.165) is 25.7 Å². The average molecular weight is 364 g/mol. The van der Waals surface area contributed by atoms with E-state index >= 15 is 0 Å². The Morgan fingerprint density at radius 2 is 1.96 bits per heavy atom. The van der Waals surface area contributed by atoms with Crippen LogP contribution in [0, 0.1) is 11.8 Å². The second-order valence-electron chi connectivity index (χ2n) is 7.64. The highest BCUT2D eigenvalue weighted by Crippen LogP contribution is 2.30. The van der Waals surface area contributed by atoms with Crippen LogP contribution in [-0.2, 0) is 22.4 Å². The Hall–Kier alpha value is -1.36. The molecule has 4 nitrogen and oxygen atoms in total. The molecule has 1 aromatic rings. The highest BCUT2D eigenvalue weighted by atomic mass is 32.1. The molecule has 1 saturated carbocycles. The monoisotopic (exact) mass is 363 g/mol. The van der Waals surface area contributed by atoms with E-state index in [9.17, 15) is 9.59 Å². The molecule has 0 unspecified atom stereocenters. The summed E-state index contributed by atoms with van der Waals surface area (Å²) in [7, 11) is 0. The molecule has 25 heavy (non-hydrogen) atoms. The van der Waals surface area contributed by atoms with Crippen molar-refractivity contribution in [3.05, 3.63) is 21.4 Å². The fourth-order valence-electron chi connectivity index (χ4n) is 4.00. The highest BCUT2D eigenvalue weighted by Gasteiger charge is 2.28. The number of ether oxygens (including phenoxy) is 1. The lowest BCUT2D eigenvalue weighted by Gasteiger charge is -2.34. The number of rotatable bonds is 4. The standard InChI is InChI=1S/C20H29NO3S/c1-13-7-6-9-16(14(13)2)21-19(22)12-24-20(23)18-11-15-8-4-3-5-10-17(15)25-18/h11,13-14,16H,3-10,12H2,1-2H3,(H,21,22)/t13-,14-,16-/m1/s1. The molecule has 0 spiro atoms. The molecule has 0 aliphatic heterocycles. The van der Waals surface area contributed by atoms with Gasteiger partial charge in [0.05, 0.1) is 0 Å². The first-order chi connectivity index (χ1) is 12.0. The van der Waals surface area contributed by atoms with Gasteiger partial charge in [-0.2, -0.15) is 0 Å². The Balaban J connectivity index is 1.49. The molecule has 1 N–H and O–H groups in total. The van der Waals surface area contributed by atoms with Gasteiger partial charge in [-0.15, -0.1) is 11.3 Å². The fourth-order valence-corrected chi connectivity index (χ4v) is 5.15.